The van der Waals surface area contributed by atoms with Crippen LogP contribution in [0.5, 0.6) is 0 Å². The van der Waals surface area contributed by atoms with E-state index in [-0.39, 0.29) is 50.2 Å². The molecule has 0 aromatic rings. The largest absolute Gasteiger partial charge is 0.534 e. The molecule has 1 aliphatic rings. The van der Waals surface area contributed by atoms with Gasteiger partial charge in [-0.25, -0.2) is 4.79 Å². The van der Waals surface area contributed by atoms with Crippen LogP contribution in [0.3, 0.4) is 0 Å². The third-order valence-electron chi connectivity index (χ3n) is 14.0. The lowest BCUT2D eigenvalue weighted by Crippen LogP contribution is -2.34. The van der Waals surface area contributed by atoms with Crippen LogP contribution in [-0.2, 0) is 47.7 Å². The van der Waals surface area contributed by atoms with E-state index in [1.54, 1.807) is 0 Å². The number of hydrogen-bond donors (Lipinski definition) is 0. The molecule has 0 aromatic heterocycles. The second kappa shape index (κ2) is 50.4. The molecule has 0 N–H and O–H groups in total. The van der Waals surface area contributed by atoms with Gasteiger partial charge in [-0.2, -0.15) is 0 Å². The molecule has 0 aromatic carbocycles. The Morgan fingerprint density at radius 3 is 1.12 bits per heavy atom. The average Bonchev–Trinajstić information content (AvgIpc) is 3.68. The van der Waals surface area contributed by atoms with Gasteiger partial charge in [0.2, 0.25) is 0 Å². The summed E-state index contributed by atoms with van der Waals surface area (Å²) in [6, 6.07) is 0. The zero-order valence-electron chi connectivity index (χ0n) is 47.1. The van der Waals surface area contributed by atoms with Crippen molar-refractivity contribution in [1.29, 1.82) is 0 Å². The first-order valence-electron chi connectivity index (χ1n) is 30.5. The summed E-state index contributed by atoms with van der Waals surface area (Å²) in [7, 11) is 0. The fraction of sp³-hybridized carbons (Fsp3) is 0.917. The Kier molecular flexibility index (Phi) is 47.1. The first kappa shape index (κ1) is 67.3. The molecule has 422 valence electrons. The van der Waals surface area contributed by atoms with Gasteiger partial charge in [0, 0.05) is 38.9 Å². The number of hydroxylamine groups is 2. The van der Waals surface area contributed by atoms with Gasteiger partial charge in [-0.05, 0) is 77.0 Å². The van der Waals surface area contributed by atoms with E-state index in [1.165, 1.54) is 141 Å². The quantitative estimate of drug-likeness (QED) is 0.0248. The van der Waals surface area contributed by atoms with Gasteiger partial charge in [0.15, 0.2) is 0 Å². The van der Waals surface area contributed by atoms with Crippen molar-refractivity contribution in [2.75, 3.05) is 26.4 Å². The molecule has 1 unspecified atom stereocenters. The van der Waals surface area contributed by atoms with Crippen molar-refractivity contribution in [2.45, 2.75) is 329 Å². The molecule has 1 rings (SSSR count). The van der Waals surface area contributed by atoms with Crippen LogP contribution in [0.4, 0.5) is 4.79 Å². The Morgan fingerprint density at radius 2 is 0.736 bits per heavy atom. The van der Waals surface area contributed by atoms with E-state index >= 15 is 0 Å². The van der Waals surface area contributed by atoms with Crippen LogP contribution >= 0.6 is 0 Å². The summed E-state index contributed by atoms with van der Waals surface area (Å²) in [5.74, 6) is -1.26. The lowest BCUT2D eigenvalue weighted by Gasteiger charge is -2.19. The van der Waals surface area contributed by atoms with Crippen molar-refractivity contribution in [3.8, 4) is 0 Å². The zero-order valence-corrected chi connectivity index (χ0v) is 47.1. The Bertz CT molecular complexity index is 1250. The average molecular weight is 1020 g/mol. The van der Waals surface area contributed by atoms with E-state index in [4.69, 9.17) is 28.5 Å². The maximum absolute atomic E-state index is 12.9. The van der Waals surface area contributed by atoms with Gasteiger partial charge in [0.1, 0.15) is 24.9 Å². The van der Waals surface area contributed by atoms with Crippen molar-refractivity contribution in [1.82, 2.24) is 5.06 Å². The highest BCUT2D eigenvalue weighted by Gasteiger charge is 2.33. The normalized spacial score (nSPS) is 13.2. The highest BCUT2D eigenvalue weighted by molar-refractivity contribution is 6.01. The SMILES string of the molecule is CCCCCCCCCC(CCCCCCCCC)OC(=O)CCCCCCCOC(COCCCCCCCC(=O)OC(CCCCCCCC)CCCCCCCC)COC(=O)ON1C(=O)CCC1=O. The predicted molar refractivity (Wildman–Crippen MR) is 290 cm³/mol. The molecule has 12 nitrogen and oxygen atoms in total. The van der Waals surface area contributed by atoms with Crippen LogP contribution in [0.1, 0.15) is 310 Å². The number of ether oxygens (including phenoxy) is 5. The van der Waals surface area contributed by atoms with E-state index < -0.39 is 24.1 Å². The summed E-state index contributed by atoms with van der Waals surface area (Å²) >= 11 is 0. The molecular weight excluding hydrogens is 911 g/mol. The maximum Gasteiger partial charge on any atom is 0.534 e. The number of rotatable bonds is 54. The molecule has 72 heavy (non-hydrogen) atoms. The molecule has 0 saturated carbocycles. The molecule has 1 saturated heterocycles. The van der Waals surface area contributed by atoms with Crippen molar-refractivity contribution < 1.29 is 52.5 Å². The number of amides is 2. The van der Waals surface area contributed by atoms with Crippen molar-refractivity contribution in [3.63, 3.8) is 0 Å². The minimum Gasteiger partial charge on any atom is -0.462 e. The predicted octanol–water partition coefficient (Wildman–Crippen LogP) is 16.9. The van der Waals surface area contributed by atoms with Crippen molar-refractivity contribution in [2.24, 2.45) is 0 Å². The smallest absolute Gasteiger partial charge is 0.462 e. The lowest BCUT2D eigenvalue weighted by molar-refractivity contribution is -0.178. The third-order valence-corrected chi connectivity index (χ3v) is 14.0. The van der Waals surface area contributed by atoms with Crippen LogP contribution < -0.4 is 0 Å². The van der Waals surface area contributed by atoms with Gasteiger partial charge >= 0.3 is 18.1 Å². The van der Waals surface area contributed by atoms with Gasteiger partial charge in [-0.3, -0.25) is 24.0 Å². The Balaban J connectivity index is 2.43. The van der Waals surface area contributed by atoms with Crippen LogP contribution in [0.2, 0.25) is 0 Å². The molecule has 1 heterocycles. The highest BCUT2D eigenvalue weighted by Crippen LogP contribution is 2.21. The van der Waals surface area contributed by atoms with Crippen molar-refractivity contribution in [3.05, 3.63) is 0 Å². The number of hydrogen-bond acceptors (Lipinski definition) is 11. The summed E-state index contributed by atoms with van der Waals surface area (Å²) in [6.07, 6.45) is 44.9. The number of esters is 2. The second-order valence-electron chi connectivity index (χ2n) is 21.0. The second-order valence-corrected chi connectivity index (χ2v) is 21.0. The molecule has 0 aliphatic carbocycles. The van der Waals surface area contributed by atoms with Crippen LogP contribution in [0, 0.1) is 0 Å². The standard InChI is InChI=1S/C60H111NO11/c1-5-9-13-17-21-27-35-43-54(44-36-28-22-18-14-10-6-2)71-59(65)46-38-30-24-32-40-50-68-55(52-69-60(66)72-61-56(62)47-48-57(61)63)51-67-49-39-31-23-29-37-45-58(64)70-53(41-33-25-19-15-11-7-3)42-34-26-20-16-12-8-4/h53-55H,5-52H2,1-4H3. The monoisotopic (exact) mass is 1020 g/mol. The molecule has 2 amide bonds. The van der Waals surface area contributed by atoms with E-state index in [0.29, 0.717) is 31.1 Å². The first-order valence-corrected chi connectivity index (χ1v) is 30.5. The molecule has 1 aliphatic heterocycles. The zero-order chi connectivity index (χ0) is 52.4. The Labute approximate surface area is 440 Å². The molecule has 12 heteroatoms. The number of unbranched alkanes of at least 4 members (excludes halogenated alkanes) is 30. The number of carbonyl (C=O) groups excluding carboxylic acids is 5. The Morgan fingerprint density at radius 1 is 0.403 bits per heavy atom. The minimum atomic E-state index is -1.14. The fourth-order valence-corrected chi connectivity index (χ4v) is 9.41. The molecule has 0 radical (unpaired) electrons. The van der Waals surface area contributed by atoms with Gasteiger partial charge in [-0.15, -0.1) is 0 Å². The van der Waals surface area contributed by atoms with Gasteiger partial charge in [0.25, 0.3) is 11.8 Å². The lowest BCUT2D eigenvalue weighted by atomic mass is 10.0. The van der Waals surface area contributed by atoms with Gasteiger partial charge in [0.05, 0.1) is 6.61 Å². The van der Waals surface area contributed by atoms with Gasteiger partial charge < -0.3 is 23.7 Å². The molecule has 1 atom stereocenters. The summed E-state index contributed by atoms with van der Waals surface area (Å²) in [5, 5.41) is 0.468. The van der Waals surface area contributed by atoms with Crippen LogP contribution in [0.15, 0.2) is 0 Å². The molecule has 0 spiro atoms. The van der Waals surface area contributed by atoms with Crippen molar-refractivity contribution >= 4 is 29.9 Å². The fourth-order valence-electron chi connectivity index (χ4n) is 9.41. The molecule has 0 bridgehead atoms. The van der Waals surface area contributed by atoms with Crippen LogP contribution in [-0.4, -0.2) is 79.7 Å². The summed E-state index contributed by atoms with van der Waals surface area (Å²) in [6.45, 7) is 10.0. The molecule has 1 fully saturated rings. The van der Waals surface area contributed by atoms with E-state index in [0.717, 1.165) is 116 Å². The summed E-state index contributed by atoms with van der Waals surface area (Å²) in [5.41, 5.74) is 0. The minimum absolute atomic E-state index is 0.000623. The summed E-state index contributed by atoms with van der Waals surface area (Å²) < 4.78 is 29.4. The van der Waals surface area contributed by atoms with Crippen LogP contribution in [0.25, 0.3) is 0 Å². The van der Waals surface area contributed by atoms with E-state index in [1.807, 2.05) is 0 Å². The summed E-state index contributed by atoms with van der Waals surface area (Å²) in [4.78, 5) is 66.8. The van der Waals surface area contributed by atoms with E-state index in [9.17, 15) is 24.0 Å². The first-order chi connectivity index (χ1) is 35.2. The highest BCUT2D eigenvalue weighted by atomic mass is 16.8. The topological polar surface area (TPSA) is 144 Å². The van der Waals surface area contributed by atoms with Gasteiger partial charge in [-0.1, -0.05) is 213 Å². The third kappa shape index (κ3) is 41.6. The molecular formula is C60H111NO11. The maximum atomic E-state index is 12.9. The van der Waals surface area contributed by atoms with E-state index in [2.05, 4.69) is 27.7 Å². The number of nitrogens with zero attached hydrogens (tertiary/aromatic N) is 1. The number of carbonyl (C=O) groups is 5. The Hall–Kier alpha value is -2.73. The number of imide groups is 1.